The first kappa shape index (κ1) is 24.0. The molecule has 0 spiro atoms. The number of amides is 3. The van der Waals surface area contributed by atoms with Crippen molar-refractivity contribution < 1.29 is 42.7 Å². The average molecular weight is 473 g/mol. The van der Waals surface area contributed by atoms with Crippen LogP contribution in [0.5, 0.6) is 5.75 Å². The summed E-state index contributed by atoms with van der Waals surface area (Å²) in [7, 11) is 2.35. The highest BCUT2D eigenvalue weighted by atomic mass is 16.6. The summed E-state index contributed by atoms with van der Waals surface area (Å²) in [6, 6.07) is 5.53. The Morgan fingerprint density at radius 1 is 1.21 bits per heavy atom. The number of carbonyl (C=O) groups is 4. The van der Waals surface area contributed by atoms with Gasteiger partial charge in [0.2, 0.25) is 5.76 Å². The number of esters is 2. The summed E-state index contributed by atoms with van der Waals surface area (Å²) < 4.78 is 19.9. The molecule has 1 aliphatic rings. The maximum atomic E-state index is 12.8. The van der Waals surface area contributed by atoms with E-state index in [1.807, 2.05) is 0 Å². The second-order valence-corrected chi connectivity index (χ2v) is 6.90. The van der Waals surface area contributed by atoms with Gasteiger partial charge in [-0.3, -0.25) is 19.8 Å². The number of carbonyl (C=O) groups excluding carboxylic acids is 4. The van der Waals surface area contributed by atoms with Crippen molar-refractivity contribution in [1.29, 1.82) is 0 Å². The van der Waals surface area contributed by atoms with Gasteiger partial charge in [-0.05, 0) is 31.2 Å². The molecule has 3 rings (SSSR count). The minimum atomic E-state index is -1.04. The van der Waals surface area contributed by atoms with Crippen LogP contribution in [0.1, 0.15) is 28.8 Å². The van der Waals surface area contributed by atoms with Gasteiger partial charge in [0, 0.05) is 17.7 Å². The van der Waals surface area contributed by atoms with Gasteiger partial charge < -0.3 is 23.9 Å². The molecule has 1 N–H and O–H groups in total. The number of urea groups is 1. The molecule has 178 valence electrons. The zero-order valence-corrected chi connectivity index (χ0v) is 18.2. The van der Waals surface area contributed by atoms with E-state index in [0.29, 0.717) is 0 Å². The molecule has 0 aliphatic carbocycles. The average Bonchev–Trinajstić information content (AvgIpc) is 3.39. The van der Waals surface area contributed by atoms with E-state index in [9.17, 15) is 29.3 Å². The van der Waals surface area contributed by atoms with Crippen LogP contribution in [-0.4, -0.2) is 54.0 Å². The molecule has 2 heterocycles. The molecule has 1 saturated heterocycles. The van der Waals surface area contributed by atoms with E-state index < -0.39 is 34.9 Å². The number of rotatable bonds is 8. The van der Waals surface area contributed by atoms with Crippen LogP contribution in [0.3, 0.4) is 0 Å². The first-order chi connectivity index (χ1) is 16.1. The number of hydrogen-bond acceptors (Lipinski definition) is 10. The molecule has 13 heteroatoms. The van der Waals surface area contributed by atoms with Crippen LogP contribution in [-0.2, 0) is 25.6 Å². The summed E-state index contributed by atoms with van der Waals surface area (Å²) >= 11 is 0. The number of nitro groups is 1. The Kier molecular flexibility index (Phi) is 6.95. The van der Waals surface area contributed by atoms with Crippen molar-refractivity contribution in [1.82, 2.24) is 10.2 Å². The fourth-order valence-electron chi connectivity index (χ4n) is 2.97. The number of benzene rings is 1. The van der Waals surface area contributed by atoms with E-state index in [2.05, 4.69) is 14.8 Å². The smallest absolute Gasteiger partial charge is 0.373 e. The SMILES string of the molecule is COC(=O)c1ccc(CN2C(=O)N/C(=C\c3cc([N+](=O)[O-])ccc3O[C@H](C)C(=O)OC)C2=O)o1. The second-order valence-electron chi connectivity index (χ2n) is 6.90. The molecule has 0 radical (unpaired) electrons. The van der Waals surface area contributed by atoms with E-state index in [1.165, 1.54) is 51.5 Å². The molecular weight excluding hydrogens is 454 g/mol. The Morgan fingerprint density at radius 3 is 2.59 bits per heavy atom. The lowest BCUT2D eigenvalue weighted by Crippen LogP contribution is -2.30. The number of methoxy groups -OCH3 is 2. The third kappa shape index (κ3) is 5.03. The number of non-ortho nitro benzene ring substituents is 1. The lowest BCUT2D eigenvalue weighted by atomic mass is 10.1. The number of hydrogen-bond donors (Lipinski definition) is 1. The van der Waals surface area contributed by atoms with Crippen molar-refractivity contribution in [2.75, 3.05) is 14.2 Å². The fourth-order valence-corrected chi connectivity index (χ4v) is 2.97. The zero-order valence-electron chi connectivity index (χ0n) is 18.2. The summed E-state index contributed by atoms with van der Waals surface area (Å²) in [5.41, 5.74) is -0.424. The maximum Gasteiger partial charge on any atom is 0.373 e. The summed E-state index contributed by atoms with van der Waals surface area (Å²) in [6.45, 7) is 1.14. The maximum absolute atomic E-state index is 12.8. The number of furan rings is 1. The molecule has 34 heavy (non-hydrogen) atoms. The lowest BCUT2D eigenvalue weighted by molar-refractivity contribution is -0.384. The zero-order chi connectivity index (χ0) is 25.0. The van der Waals surface area contributed by atoms with E-state index in [0.717, 1.165) is 11.0 Å². The Bertz CT molecular complexity index is 1200. The van der Waals surface area contributed by atoms with Gasteiger partial charge in [0.15, 0.2) is 6.10 Å². The summed E-state index contributed by atoms with van der Waals surface area (Å²) in [4.78, 5) is 59.8. The van der Waals surface area contributed by atoms with Gasteiger partial charge in [-0.15, -0.1) is 0 Å². The van der Waals surface area contributed by atoms with Gasteiger partial charge in [-0.1, -0.05) is 0 Å². The van der Waals surface area contributed by atoms with Crippen LogP contribution < -0.4 is 10.1 Å². The molecule has 13 nitrogen and oxygen atoms in total. The summed E-state index contributed by atoms with van der Waals surface area (Å²) in [5, 5.41) is 13.6. The molecule has 3 amide bonds. The van der Waals surface area contributed by atoms with Crippen molar-refractivity contribution in [3.05, 3.63) is 63.2 Å². The third-order valence-electron chi connectivity index (χ3n) is 4.67. The van der Waals surface area contributed by atoms with Gasteiger partial charge in [0.1, 0.15) is 17.2 Å². The molecule has 1 aliphatic heterocycles. The van der Waals surface area contributed by atoms with Crippen molar-refractivity contribution in [2.24, 2.45) is 0 Å². The van der Waals surface area contributed by atoms with Crippen LogP contribution in [0.4, 0.5) is 10.5 Å². The molecule has 1 atom stereocenters. The van der Waals surface area contributed by atoms with E-state index >= 15 is 0 Å². The topological polar surface area (TPSA) is 168 Å². The quantitative estimate of drug-likeness (QED) is 0.197. The molecule has 0 unspecified atom stereocenters. The van der Waals surface area contributed by atoms with Gasteiger partial charge in [0.05, 0.1) is 25.7 Å². The standard InChI is InChI=1S/C21H19N3O10/c1-11(19(26)31-2)33-16-6-4-13(24(29)30)8-12(16)9-15-18(25)23(21(28)22-15)10-14-5-7-17(34-14)20(27)32-3/h4-9,11H,10H2,1-3H3,(H,22,28)/b15-9-/t11-/m1/s1. The fraction of sp³-hybridized carbons (Fsp3) is 0.238. The molecule has 1 fully saturated rings. The van der Waals surface area contributed by atoms with Gasteiger partial charge in [0.25, 0.3) is 11.6 Å². The van der Waals surface area contributed by atoms with E-state index in [-0.39, 0.29) is 40.8 Å². The highest BCUT2D eigenvalue weighted by Crippen LogP contribution is 2.29. The van der Waals surface area contributed by atoms with Gasteiger partial charge in [-0.25, -0.2) is 14.4 Å². The lowest BCUT2D eigenvalue weighted by Gasteiger charge is -2.14. The first-order valence-corrected chi connectivity index (χ1v) is 9.69. The predicted octanol–water partition coefficient (Wildman–Crippen LogP) is 2.01. The predicted molar refractivity (Wildman–Crippen MR) is 112 cm³/mol. The van der Waals surface area contributed by atoms with Crippen LogP contribution in [0.2, 0.25) is 0 Å². The Morgan fingerprint density at radius 2 is 1.94 bits per heavy atom. The number of nitro benzene ring substituents is 1. The Labute approximate surface area is 192 Å². The minimum absolute atomic E-state index is 0.0465. The van der Waals surface area contributed by atoms with Crippen molar-refractivity contribution in [2.45, 2.75) is 19.6 Å². The van der Waals surface area contributed by atoms with Crippen LogP contribution in [0.15, 0.2) is 40.4 Å². The molecule has 2 aromatic rings. The molecule has 1 aromatic carbocycles. The van der Waals surface area contributed by atoms with Crippen LogP contribution in [0, 0.1) is 10.1 Å². The highest BCUT2D eigenvalue weighted by Gasteiger charge is 2.35. The second kappa shape index (κ2) is 9.85. The summed E-state index contributed by atoms with van der Waals surface area (Å²) in [5.74, 6) is -2.05. The molecule has 0 saturated carbocycles. The molecular formula is C21H19N3O10. The number of ether oxygens (including phenoxy) is 3. The van der Waals surface area contributed by atoms with Crippen molar-refractivity contribution in [3.8, 4) is 5.75 Å². The number of nitrogens with one attached hydrogen (secondary N) is 1. The van der Waals surface area contributed by atoms with Crippen LogP contribution >= 0.6 is 0 Å². The molecule has 1 aromatic heterocycles. The third-order valence-corrected chi connectivity index (χ3v) is 4.67. The largest absolute Gasteiger partial charge is 0.478 e. The Balaban J connectivity index is 1.89. The number of imide groups is 1. The van der Waals surface area contributed by atoms with E-state index in [4.69, 9.17) is 9.15 Å². The minimum Gasteiger partial charge on any atom is -0.478 e. The monoisotopic (exact) mass is 473 g/mol. The summed E-state index contributed by atoms with van der Waals surface area (Å²) in [6.07, 6.45) is 0.145. The molecule has 0 bridgehead atoms. The Hall–Kier alpha value is -4.68. The van der Waals surface area contributed by atoms with E-state index in [1.54, 1.807) is 0 Å². The van der Waals surface area contributed by atoms with Gasteiger partial charge >= 0.3 is 18.0 Å². The van der Waals surface area contributed by atoms with Gasteiger partial charge in [-0.2, -0.15) is 0 Å². The highest BCUT2D eigenvalue weighted by molar-refractivity contribution is 6.14. The number of nitrogens with zero attached hydrogens (tertiary/aromatic N) is 2. The van der Waals surface area contributed by atoms with Crippen molar-refractivity contribution in [3.63, 3.8) is 0 Å². The van der Waals surface area contributed by atoms with Crippen LogP contribution in [0.25, 0.3) is 6.08 Å². The van der Waals surface area contributed by atoms with Crippen molar-refractivity contribution >= 4 is 35.6 Å². The normalized spacial score (nSPS) is 15.1. The first-order valence-electron chi connectivity index (χ1n) is 9.69.